The molecule has 0 aromatic rings. The van der Waals surface area contributed by atoms with Gasteiger partial charge < -0.3 is 5.32 Å². The standard InChI is InChI=1S/C17H32N2O/c1-12-7-9-13(10-8-12)18-15(20)14-11-16(2,3)19(6)17(14,4)5/h12-14H,7-11H2,1-6H3,(H,18,20). The Morgan fingerprint density at radius 3 is 2.10 bits per heavy atom. The van der Waals surface area contributed by atoms with Crippen LogP contribution in [0.2, 0.25) is 0 Å². The third-order valence-corrected chi connectivity index (χ3v) is 6.01. The molecular weight excluding hydrogens is 248 g/mol. The number of nitrogens with one attached hydrogen (secondary N) is 1. The van der Waals surface area contributed by atoms with Crippen molar-refractivity contribution in [2.45, 2.75) is 83.8 Å². The van der Waals surface area contributed by atoms with E-state index in [1.807, 2.05) is 0 Å². The van der Waals surface area contributed by atoms with E-state index in [0.717, 1.165) is 25.2 Å². The van der Waals surface area contributed by atoms with Gasteiger partial charge in [-0.05, 0) is 72.8 Å². The molecule has 20 heavy (non-hydrogen) atoms. The number of carbonyl (C=O) groups is 1. The summed E-state index contributed by atoms with van der Waals surface area (Å²) in [4.78, 5) is 15.1. The molecule has 0 bridgehead atoms. The van der Waals surface area contributed by atoms with E-state index in [9.17, 15) is 4.79 Å². The normalized spacial score (nSPS) is 36.8. The van der Waals surface area contributed by atoms with Gasteiger partial charge in [-0.1, -0.05) is 6.92 Å². The van der Waals surface area contributed by atoms with Gasteiger partial charge in [-0.15, -0.1) is 0 Å². The molecule has 3 heteroatoms. The summed E-state index contributed by atoms with van der Waals surface area (Å²) in [5, 5.41) is 3.33. The molecule has 2 fully saturated rings. The molecule has 1 aliphatic heterocycles. The highest BCUT2D eigenvalue weighted by molar-refractivity contribution is 5.81. The van der Waals surface area contributed by atoms with E-state index >= 15 is 0 Å². The van der Waals surface area contributed by atoms with Gasteiger partial charge in [0.2, 0.25) is 5.91 Å². The summed E-state index contributed by atoms with van der Waals surface area (Å²) in [6.07, 6.45) is 5.76. The zero-order valence-corrected chi connectivity index (χ0v) is 14.1. The molecule has 1 N–H and O–H groups in total. The molecule has 0 spiro atoms. The minimum absolute atomic E-state index is 0.0600. The van der Waals surface area contributed by atoms with Crippen molar-refractivity contribution in [2.24, 2.45) is 11.8 Å². The number of nitrogens with zero attached hydrogens (tertiary/aromatic N) is 1. The van der Waals surface area contributed by atoms with Gasteiger partial charge in [-0.25, -0.2) is 0 Å². The largest absolute Gasteiger partial charge is 0.353 e. The Labute approximate surface area is 124 Å². The second kappa shape index (κ2) is 5.32. The number of carbonyl (C=O) groups excluding carboxylic acids is 1. The topological polar surface area (TPSA) is 32.3 Å². The first-order chi connectivity index (χ1) is 9.14. The molecule has 116 valence electrons. The molecule has 3 nitrogen and oxygen atoms in total. The average Bonchev–Trinajstić information content (AvgIpc) is 2.53. The van der Waals surface area contributed by atoms with Crippen LogP contribution in [0, 0.1) is 11.8 Å². The van der Waals surface area contributed by atoms with Crippen LogP contribution in [0.5, 0.6) is 0 Å². The molecular formula is C17H32N2O. The molecule has 1 aliphatic carbocycles. The monoisotopic (exact) mass is 280 g/mol. The zero-order valence-electron chi connectivity index (χ0n) is 14.1. The zero-order chi connectivity index (χ0) is 15.1. The Hall–Kier alpha value is -0.570. The van der Waals surface area contributed by atoms with Crippen molar-refractivity contribution in [1.82, 2.24) is 10.2 Å². The molecule has 0 aromatic heterocycles. The minimum Gasteiger partial charge on any atom is -0.353 e. The number of hydrogen-bond donors (Lipinski definition) is 1. The summed E-state index contributed by atoms with van der Waals surface area (Å²) in [5.74, 6) is 1.20. The van der Waals surface area contributed by atoms with Gasteiger partial charge in [-0.3, -0.25) is 9.69 Å². The smallest absolute Gasteiger partial charge is 0.225 e. The van der Waals surface area contributed by atoms with Gasteiger partial charge in [0.15, 0.2) is 0 Å². The van der Waals surface area contributed by atoms with E-state index in [2.05, 4.69) is 51.9 Å². The van der Waals surface area contributed by atoms with Crippen LogP contribution in [0.3, 0.4) is 0 Å². The van der Waals surface area contributed by atoms with Crippen molar-refractivity contribution < 1.29 is 4.79 Å². The molecule has 1 saturated carbocycles. The van der Waals surface area contributed by atoms with Crippen molar-refractivity contribution in [1.29, 1.82) is 0 Å². The molecule has 0 aromatic carbocycles. The summed E-state index contributed by atoms with van der Waals surface area (Å²) >= 11 is 0. The molecule has 0 radical (unpaired) electrons. The average molecular weight is 280 g/mol. The number of rotatable bonds is 2. The van der Waals surface area contributed by atoms with Crippen molar-refractivity contribution in [3.8, 4) is 0 Å². The maximum atomic E-state index is 12.7. The van der Waals surface area contributed by atoms with Gasteiger partial charge in [0.25, 0.3) is 0 Å². The number of amides is 1. The maximum absolute atomic E-state index is 12.7. The third kappa shape index (κ3) is 2.88. The van der Waals surface area contributed by atoms with Crippen LogP contribution in [-0.2, 0) is 4.79 Å². The van der Waals surface area contributed by atoms with Gasteiger partial charge in [0, 0.05) is 17.1 Å². The summed E-state index contributed by atoms with van der Waals surface area (Å²) in [5.41, 5.74) is 0.0438. The van der Waals surface area contributed by atoms with Crippen LogP contribution in [0.25, 0.3) is 0 Å². The van der Waals surface area contributed by atoms with Gasteiger partial charge in [0.1, 0.15) is 0 Å². The lowest BCUT2D eigenvalue weighted by Gasteiger charge is -2.38. The van der Waals surface area contributed by atoms with E-state index in [-0.39, 0.29) is 22.9 Å². The molecule has 1 amide bonds. The van der Waals surface area contributed by atoms with E-state index in [1.54, 1.807) is 0 Å². The van der Waals surface area contributed by atoms with Crippen LogP contribution < -0.4 is 5.32 Å². The lowest BCUT2D eigenvalue weighted by atomic mass is 9.84. The van der Waals surface area contributed by atoms with Crippen LogP contribution in [-0.4, -0.2) is 35.0 Å². The van der Waals surface area contributed by atoms with Crippen molar-refractivity contribution >= 4 is 5.91 Å². The van der Waals surface area contributed by atoms with Crippen LogP contribution in [0.4, 0.5) is 0 Å². The molecule has 1 heterocycles. The van der Waals surface area contributed by atoms with Crippen LogP contribution in [0.1, 0.15) is 66.7 Å². The first kappa shape index (κ1) is 15.8. The van der Waals surface area contributed by atoms with Gasteiger partial charge >= 0.3 is 0 Å². The van der Waals surface area contributed by atoms with E-state index in [4.69, 9.17) is 0 Å². The fourth-order valence-electron chi connectivity index (χ4n) is 4.02. The first-order valence-electron chi connectivity index (χ1n) is 8.19. The molecule has 1 unspecified atom stereocenters. The lowest BCUT2D eigenvalue weighted by Crippen LogP contribution is -2.50. The highest BCUT2D eigenvalue weighted by Crippen LogP contribution is 2.43. The molecule has 2 aliphatic rings. The predicted molar refractivity (Wildman–Crippen MR) is 83.6 cm³/mol. The van der Waals surface area contributed by atoms with E-state index in [0.29, 0.717) is 6.04 Å². The number of hydrogen-bond acceptors (Lipinski definition) is 2. The quantitative estimate of drug-likeness (QED) is 0.842. The minimum atomic E-state index is -0.0600. The SMILES string of the molecule is CC1CCC(NC(=O)C2CC(C)(C)N(C)C2(C)C)CC1. The van der Waals surface area contributed by atoms with Crippen molar-refractivity contribution in [3.63, 3.8) is 0 Å². The van der Waals surface area contributed by atoms with Crippen LogP contribution in [0.15, 0.2) is 0 Å². The van der Waals surface area contributed by atoms with Gasteiger partial charge in [0.05, 0.1) is 5.92 Å². The molecule has 2 rings (SSSR count). The number of likely N-dealkylation sites (tertiary alicyclic amines) is 1. The van der Waals surface area contributed by atoms with Gasteiger partial charge in [-0.2, -0.15) is 0 Å². The van der Waals surface area contributed by atoms with E-state index in [1.165, 1.54) is 12.8 Å². The maximum Gasteiger partial charge on any atom is 0.225 e. The van der Waals surface area contributed by atoms with Crippen LogP contribution >= 0.6 is 0 Å². The lowest BCUT2D eigenvalue weighted by molar-refractivity contribution is -0.128. The summed E-state index contributed by atoms with van der Waals surface area (Å²) in [6, 6.07) is 0.406. The van der Waals surface area contributed by atoms with E-state index < -0.39 is 0 Å². The Morgan fingerprint density at radius 2 is 1.65 bits per heavy atom. The second-order valence-corrected chi connectivity index (χ2v) is 8.25. The third-order valence-electron chi connectivity index (χ3n) is 6.01. The summed E-state index contributed by atoms with van der Waals surface area (Å²) in [7, 11) is 2.15. The molecule has 1 atom stereocenters. The Kier molecular flexibility index (Phi) is 4.21. The first-order valence-corrected chi connectivity index (χ1v) is 8.19. The van der Waals surface area contributed by atoms with Crippen molar-refractivity contribution in [3.05, 3.63) is 0 Å². The Morgan fingerprint density at radius 1 is 1.10 bits per heavy atom. The highest BCUT2D eigenvalue weighted by atomic mass is 16.2. The summed E-state index contributed by atoms with van der Waals surface area (Å²) < 4.78 is 0. The second-order valence-electron chi connectivity index (χ2n) is 8.25. The fraction of sp³-hybridized carbons (Fsp3) is 0.941. The Bertz CT molecular complexity index is 367. The fourth-order valence-corrected chi connectivity index (χ4v) is 4.02. The van der Waals surface area contributed by atoms with Crippen molar-refractivity contribution in [2.75, 3.05) is 7.05 Å². The predicted octanol–water partition coefficient (Wildman–Crippen LogP) is 3.19. The Balaban J connectivity index is 1.99. The highest BCUT2D eigenvalue weighted by Gasteiger charge is 2.52. The summed E-state index contributed by atoms with van der Waals surface area (Å²) in [6.45, 7) is 11.2. The molecule has 1 saturated heterocycles.